The molecular weight excluding hydrogens is 544 g/mol. The lowest BCUT2D eigenvalue weighted by Gasteiger charge is -2.49. The average molecular weight is 569 g/mol. The van der Waals surface area contributed by atoms with E-state index in [1.54, 1.807) is 24.3 Å². The normalized spacial score (nSPS) is 19.4. The number of carbonyl (C=O) groups excluding carboxylic acids is 2. The number of fused-ring (bicyclic) bond motifs is 1. The van der Waals surface area contributed by atoms with Crippen molar-refractivity contribution in [2.24, 2.45) is 0 Å². The van der Waals surface area contributed by atoms with Crippen molar-refractivity contribution >= 4 is 57.0 Å². The third-order valence-electron chi connectivity index (χ3n) is 5.53. The number of carboxylic acid groups (broad SMARTS) is 1. The molecule has 1 fully saturated rings. The second-order valence-corrected chi connectivity index (χ2v) is 12.1. The lowest BCUT2D eigenvalue weighted by molar-refractivity contribution is -0.150. The number of anilines is 1. The van der Waals surface area contributed by atoms with Crippen LogP contribution < -0.4 is 15.8 Å². The fourth-order valence-corrected chi connectivity index (χ4v) is 6.67. The van der Waals surface area contributed by atoms with Gasteiger partial charge in [0.1, 0.15) is 17.1 Å². The molecule has 3 heterocycles. The van der Waals surface area contributed by atoms with Gasteiger partial charge >= 0.3 is 5.97 Å². The van der Waals surface area contributed by atoms with Crippen LogP contribution in [-0.4, -0.2) is 92.1 Å². The van der Waals surface area contributed by atoms with E-state index in [1.165, 1.54) is 33.1 Å². The summed E-state index contributed by atoms with van der Waals surface area (Å²) in [5.74, 6) is -1.58. The lowest BCUT2D eigenvalue weighted by atomic mass is 10.0. The summed E-state index contributed by atoms with van der Waals surface area (Å²) >= 11 is 2.54. The van der Waals surface area contributed by atoms with Gasteiger partial charge < -0.3 is 16.2 Å². The first-order valence-corrected chi connectivity index (χ1v) is 14.8. The van der Waals surface area contributed by atoms with E-state index in [0.29, 0.717) is 27.7 Å². The Balaban J connectivity index is 1.39. The van der Waals surface area contributed by atoms with E-state index in [1.807, 2.05) is 0 Å². The van der Waals surface area contributed by atoms with Gasteiger partial charge in [-0.3, -0.25) is 14.5 Å². The molecule has 0 saturated carbocycles. The Labute approximate surface area is 220 Å². The minimum atomic E-state index is -3.36. The number of rotatable bonds is 11. The number of tetrazole rings is 1. The highest BCUT2D eigenvalue weighted by Gasteiger charge is 2.54. The molecule has 0 radical (unpaired) electrons. The van der Waals surface area contributed by atoms with Crippen LogP contribution in [0.4, 0.5) is 5.69 Å². The number of sulfonamides is 1. The Hall–Kier alpha value is -3.15. The van der Waals surface area contributed by atoms with E-state index in [4.69, 9.17) is 5.73 Å². The third-order valence-corrected chi connectivity index (χ3v) is 8.65. The van der Waals surface area contributed by atoms with Gasteiger partial charge in [-0.05, 0) is 27.6 Å². The first-order chi connectivity index (χ1) is 17.5. The van der Waals surface area contributed by atoms with Crippen molar-refractivity contribution in [3.8, 4) is 0 Å². The summed E-state index contributed by atoms with van der Waals surface area (Å²) in [5, 5.41) is 23.7. The van der Waals surface area contributed by atoms with Gasteiger partial charge in [0, 0.05) is 23.7 Å². The van der Waals surface area contributed by atoms with E-state index >= 15 is 0 Å². The fourth-order valence-electron chi connectivity index (χ4n) is 3.82. The maximum atomic E-state index is 12.9. The number of nitrogen functional groups attached to an aromatic ring is 1. The second-order valence-electron chi connectivity index (χ2n) is 8.23. The van der Waals surface area contributed by atoms with Gasteiger partial charge in [0.25, 0.3) is 5.91 Å². The molecule has 1 aromatic carbocycles. The number of nitrogens with one attached hydrogen (secondary N) is 2. The molecule has 0 aliphatic carbocycles. The smallest absolute Gasteiger partial charge is 0.352 e. The predicted octanol–water partition coefficient (Wildman–Crippen LogP) is -1.12. The molecule has 2 aliphatic rings. The number of nitrogens with zero attached hydrogens (tertiary/aromatic N) is 5. The first-order valence-electron chi connectivity index (χ1n) is 10.9. The summed E-state index contributed by atoms with van der Waals surface area (Å²) in [7, 11) is -3.36. The molecule has 1 aromatic heterocycles. The van der Waals surface area contributed by atoms with E-state index in [0.717, 1.165) is 6.26 Å². The number of β-lactam (4-membered cyclic amide) rings is 1. The summed E-state index contributed by atoms with van der Waals surface area (Å²) in [6.45, 7) is 0.273. The van der Waals surface area contributed by atoms with Crippen molar-refractivity contribution in [1.82, 2.24) is 35.1 Å². The molecule has 37 heavy (non-hydrogen) atoms. The Morgan fingerprint density at radius 3 is 2.78 bits per heavy atom. The monoisotopic (exact) mass is 568 g/mol. The highest BCUT2D eigenvalue weighted by molar-refractivity contribution is 8.01. The highest BCUT2D eigenvalue weighted by atomic mass is 32.2. The summed E-state index contributed by atoms with van der Waals surface area (Å²) in [6.07, 6.45) is 1.05. The molecular formula is C20H24N8O6S3. The summed E-state index contributed by atoms with van der Waals surface area (Å²) in [5.41, 5.74) is 7.40. The maximum absolute atomic E-state index is 12.9. The number of carbonyl (C=O) groups is 3. The molecule has 2 aliphatic heterocycles. The van der Waals surface area contributed by atoms with Crippen LogP contribution in [0.1, 0.15) is 5.56 Å². The minimum Gasteiger partial charge on any atom is -0.477 e. The van der Waals surface area contributed by atoms with E-state index in [9.17, 15) is 27.9 Å². The quantitative estimate of drug-likeness (QED) is 0.145. The Bertz CT molecular complexity index is 1360. The topological polar surface area (TPSA) is 202 Å². The Morgan fingerprint density at radius 1 is 1.32 bits per heavy atom. The molecule has 14 nitrogen and oxygen atoms in total. The van der Waals surface area contributed by atoms with Crippen LogP contribution in [0.15, 0.2) is 40.7 Å². The van der Waals surface area contributed by atoms with Gasteiger partial charge in [0.2, 0.25) is 21.1 Å². The first kappa shape index (κ1) is 26.9. The van der Waals surface area contributed by atoms with E-state index < -0.39 is 33.3 Å². The molecule has 0 spiro atoms. The largest absolute Gasteiger partial charge is 0.477 e. The van der Waals surface area contributed by atoms with Crippen LogP contribution in [0.2, 0.25) is 0 Å². The molecule has 1 saturated heterocycles. The highest BCUT2D eigenvalue weighted by Crippen LogP contribution is 2.41. The summed E-state index contributed by atoms with van der Waals surface area (Å²) in [6, 6.07) is 6.10. The van der Waals surface area contributed by atoms with E-state index in [2.05, 4.69) is 25.6 Å². The summed E-state index contributed by atoms with van der Waals surface area (Å²) < 4.78 is 26.2. The number of nitrogens with two attached hydrogens (primary N) is 1. The molecule has 2 atom stereocenters. The van der Waals surface area contributed by atoms with Gasteiger partial charge in [-0.1, -0.05) is 30.0 Å². The van der Waals surface area contributed by atoms with Crippen molar-refractivity contribution in [3.05, 3.63) is 41.1 Å². The molecule has 4 rings (SSSR count). The summed E-state index contributed by atoms with van der Waals surface area (Å²) in [4.78, 5) is 38.7. The van der Waals surface area contributed by atoms with Crippen molar-refractivity contribution in [2.75, 3.05) is 30.0 Å². The van der Waals surface area contributed by atoms with Crippen molar-refractivity contribution in [1.29, 1.82) is 0 Å². The standard InChI is InChI=1S/C20H24N8O6S3/c1-37(33,34)22-6-7-27-20(24-25-26-27)36-10-12-9-35-18-15(17(30)28(18)16(12)19(31)32)23-14(29)8-11-4-2-3-5-13(11)21/h2-5,15,18,22H,6-10,21H2,1H3,(H,23,29)(H,31,32)/t15-,18-/m1/s1. The van der Waals surface area contributed by atoms with Crippen molar-refractivity contribution in [3.63, 3.8) is 0 Å². The number of para-hydroxylation sites is 1. The van der Waals surface area contributed by atoms with Gasteiger partial charge in [-0.15, -0.1) is 16.9 Å². The van der Waals surface area contributed by atoms with Crippen LogP contribution in [0.5, 0.6) is 0 Å². The third kappa shape index (κ3) is 6.23. The molecule has 0 bridgehead atoms. The van der Waals surface area contributed by atoms with Gasteiger partial charge in [0.15, 0.2) is 0 Å². The number of hydrogen-bond acceptors (Lipinski definition) is 11. The zero-order chi connectivity index (χ0) is 26.7. The van der Waals surface area contributed by atoms with Crippen LogP contribution in [-0.2, 0) is 37.4 Å². The van der Waals surface area contributed by atoms with Crippen LogP contribution in [0.3, 0.4) is 0 Å². The van der Waals surface area contributed by atoms with Gasteiger partial charge in [-0.2, -0.15) is 0 Å². The Morgan fingerprint density at radius 2 is 2.08 bits per heavy atom. The number of benzene rings is 1. The number of carboxylic acids is 1. The molecule has 198 valence electrons. The number of aliphatic carboxylic acids is 1. The van der Waals surface area contributed by atoms with Gasteiger partial charge in [-0.25, -0.2) is 22.6 Å². The van der Waals surface area contributed by atoms with Crippen LogP contribution in [0.25, 0.3) is 0 Å². The number of amides is 2. The SMILES string of the molecule is CS(=O)(=O)NCCn1nnnc1SCC1=C(C(=O)O)N2C(=O)[C@@H](NC(=O)Cc3ccccc3N)[C@H]2SC1. The van der Waals surface area contributed by atoms with E-state index in [-0.39, 0.29) is 36.9 Å². The lowest BCUT2D eigenvalue weighted by Crippen LogP contribution is -2.70. The average Bonchev–Trinajstić information content (AvgIpc) is 3.28. The minimum absolute atomic E-state index is 0.00574. The number of aromatic nitrogens is 4. The maximum Gasteiger partial charge on any atom is 0.352 e. The van der Waals surface area contributed by atoms with Crippen LogP contribution in [0, 0.1) is 0 Å². The molecule has 0 unspecified atom stereocenters. The zero-order valence-electron chi connectivity index (χ0n) is 19.5. The fraction of sp³-hybridized carbons (Fsp3) is 0.400. The van der Waals surface area contributed by atoms with Gasteiger partial charge in [0.05, 0.1) is 19.2 Å². The number of hydrogen-bond donors (Lipinski definition) is 4. The number of thioether (sulfide) groups is 2. The Kier molecular flexibility index (Phi) is 8.05. The molecule has 2 amide bonds. The van der Waals surface area contributed by atoms with Crippen LogP contribution >= 0.6 is 23.5 Å². The molecule has 2 aromatic rings. The second kappa shape index (κ2) is 11.1. The van der Waals surface area contributed by atoms with Crippen molar-refractivity contribution < 1.29 is 27.9 Å². The predicted molar refractivity (Wildman–Crippen MR) is 136 cm³/mol. The molecule has 17 heteroatoms. The zero-order valence-corrected chi connectivity index (χ0v) is 22.0. The van der Waals surface area contributed by atoms with Crippen molar-refractivity contribution in [2.45, 2.75) is 29.5 Å². The molecule has 5 N–H and O–H groups in total.